The second-order valence-corrected chi connectivity index (χ2v) is 8.50. The van der Waals surface area contributed by atoms with E-state index in [1.807, 2.05) is 28.8 Å². The number of amides is 4. The van der Waals surface area contributed by atoms with Crippen molar-refractivity contribution in [1.82, 2.24) is 9.88 Å². The van der Waals surface area contributed by atoms with Gasteiger partial charge in [-0.3, -0.25) is 14.9 Å². The number of ether oxygens (including phenoxy) is 1. The first kappa shape index (κ1) is 23.3. The van der Waals surface area contributed by atoms with E-state index in [9.17, 15) is 18.8 Å². The normalized spacial score (nSPS) is 15.0. The SMILES string of the molecule is COc1ccc(N2C(=O)NC(=O)/C(=C/c3cn(Cc4ccccc4F)c4ccccc34)C2=O)cc1Cl. The Hall–Kier alpha value is -4.43. The molecule has 1 N–H and O–H groups in total. The zero-order valence-electron chi connectivity index (χ0n) is 19.0. The minimum Gasteiger partial charge on any atom is -0.495 e. The number of nitrogens with one attached hydrogen (secondary N) is 1. The van der Waals surface area contributed by atoms with Crippen LogP contribution in [-0.2, 0) is 16.1 Å². The third-order valence-electron chi connectivity index (χ3n) is 5.91. The summed E-state index contributed by atoms with van der Waals surface area (Å²) in [6, 6.07) is 17.4. The van der Waals surface area contributed by atoms with Crippen LogP contribution in [-0.4, -0.2) is 29.5 Å². The number of barbiturate groups is 1. The molecule has 1 aromatic heterocycles. The summed E-state index contributed by atoms with van der Waals surface area (Å²) in [5.41, 5.74) is 1.82. The molecule has 3 aromatic carbocycles. The van der Waals surface area contributed by atoms with Crippen LogP contribution in [0.15, 0.2) is 78.5 Å². The molecule has 2 heterocycles. The summed E-state index contributed by atoms with van der Waals surface area (Å²) in [7, 11) is 1.45. The van der Waals surface area contributed by atoms with Gasteiger partial charge in [0.1, 0.15) is 17.1 Å². The number of fused-ring (bicyclic) bond motifs is 1. The number of hydrogen-bond donors (Lipinski definition) is 1. The highest BCUT2D eigenvalue weighted by Gasteiger charge is 2.37. The third kappa shape index (κ3) is 4.12. The van der Waals surface area contributed by atoms with Crippen molar-refractivity contribution in [3.8, 4) is 5.75 Å². The van der Waals surface area contributed by atoms with Gasteiger partial charge in [0.05, 0.1) is 24.4 Å². The fourth-order valence-electron chi connectivity index (χ4n) is 4.17. The molecule has 0 atom stereocenters. The molecule has 1 aliphatic rings. The van der Waals surface area contributed by atoms with Gasteiger partial charge in [-0.2, -0.15) is 0 Å². The molecule has 9 heteroatoms. The number of methoxy groups -OCH3 is 1. The van der Waals surface area contributed by atoms with Crippen LogP contribution < -0.4 is 15.0 Å². The molecule has 0 unspecified atom stereocenters. The Balaban J connectivity index is 1.56. The number of benzene rings is 3. The Bertz CT molecular complexity index is 1580. The van der Waals surface area contributed by atoms with E-state index < -0.39 is 17.8 Å². The number of para-hydroxylation sites is 1. The van der Waals surface area contributed by atoms with Crippen LogP contribution in [0.4, 0.5) is 14.9 Å². The van der Waals surface area contributed by atoms with Gasteiger partial charge in [0.25, 0.3) is 11.8 Å². The summed E-state index contributed by atoms with van der Waals surface area (Å²) < 4.78 is 21.3. The number of aromatic nitrogens is 1. The van der Waals surface area contributed by atoms with Gasteiger partial charge in [0, 0.05) is 28.2 Å². The van der Waals surface area contributed by atoms with Gasteiger partial charge in [0.15, 0.2) is 0 Å². The lowest BCUT2D eigenvalue weighted by molar-refractivity contribution is -0.122. The maximum absolute atomic E-state index is 14.3. The first-order valence-electron chi connectivity index (χ1n) is 10.9. The number of carbonyl (C=O) groups is 3. The second kappa shape index (κ2) is 9.31. The van der Waals surface area contributed by atoms with Crippen LogP contribution in [0.1, 0.15) is 11.1 Å². The molecule has 1 aliphatic heterocycles. The van der Waals surface area contributed by atoms with Gasteiger partial charge >= 0.3 is 6.03 Å². The lowest BCUT2D eigenvalue weighted by atomic mass is 10.1. The van der Waals surface area contributed by atoms with Crippen LogP contribution in [0.5, 0.6) is 5.75 Å². The van der Waals surface area contributed by atoms with Gasteiger partial charge in [-0.15, -0.1) is 0 Å². The summed E-state index contributed by atoms with van der Waals surface area (Å²) in [4.78, 5) is 39.4. The molecule has 1 saturated heterocycles. The zero-order valence-corrected chi connectivity index (χ0v) is 19.8. The maximum Gasteiger partial charge on any atom is 0.335 e. The van der Waals surface area contributed by atoms with Gasteiger partial charge in [0.2, 0.25) is 0 Å². The summed E-state index contributed by atoms with van der Waals surface area (Å²) in [6.07, 6.45) is 3.18. The van der Waals surface area contributed by atoms with Crippen molar-refractivity contribution >= 4 is 52.1 Å². The predicted octanol–water partition coefficient (Wildman–Crippen LogP) is 5.16. The topological polar surface area (TPSA) is 80.6 Å². The minimum absolute atomic E-state index is 0.184. The summed E-state index contributed by atoms with van der Waals surface area (Å²) in [5.74, 6) is -1.56. The highest BCUT2D eigenvalue weighted by molar-refractivity contribution is 6.40. The van der Waals surface area contributed by atoms with Crippen LogP contribution >= 0.6 is 11.6 Å². The van der Waals surface area contributed by atoms with Gasteiger partial charge < -0.3 is 9.30 Å². The monoisotopic (exact) mass is 503 g/mol. The van der Waals surface area contributed by atoms with Crippen molar-refractivity contribution in [3.63, 3.8) is 0 Å². The van der Waals surface area contributed by atoms with Crippen LogP contribution in [0.2, 0.25) is 5.02 Å². The van der Waals surface area contributed by atoms with E-state index >= 15 is 0 Å². The van der Waals surface area contributed by atoms with Crippen molar-refractivity contribution < 1.29 is 23.5 Å². The smallest absolute Gasteiger partial charge is 0.335 e. The fraction of sp³-hybridized carbons (Fsp3) is 0.0741. The van der Waals surface area contributed by atoms with Crippen LogP contribution in [0, 0.1) is 5.82 Å². The molecule has 1 fully saturated rings. The number of hydrogen-bond acceptors (Lipinski definition) is 4. The van der Waals surface area contributed by atoms with E-state index in [0.717, 1.165) is 15.8 Å². The molecule has 7 nitrogen and oxygen atoms in total. The number of carbonyl (C=O) groups excluding carboxylic acids is 3. The maximum atomic E-state index is 14.3. The molecular formula is C27H19ClFN3O4. The van der Waals surface area contributed by atoms with Crippen molar-refractivity contribution in [2.45, 2.75) is 6.54 Å². The van der Waals surface area contributed by atoms with Gasteiger partial charge in [-0.25, -0.2) is 14.1 Å². The second-order valence-electron chi connectivity index (χ2n) is 8.10. The number of anilines is 1. The standard InChI is InChI=1S/C27H19ClFN3O4/c1-36-24-11-10-18(13-21(24)28)32-26(34)20(25(33)30-27(32)35)12-17-15-31(23-9-5-3-7-19(17)23)14-16-6-2-4-8-22(16)29/h2-13,15H,14H2,1H3,(H,30,33,35)/b20-12-. The largest absolute Gasteiger partial charge is 0.495 e. The highest BCUT2D eigenvalue weighted by Crippen LogP contribution is 2.32. The lowest BCUT2D eigenvalue weighted by Crippen LogP contribution is -2.54. The average molecular weight is 504 g/mol. The molecule has 0 spiro atoms. The number of urea groups is 1. The van der Waals surface area contributed by atoms with Crippen LogP contribution in [0.25, 0.3) is 17.0 Å². The average Bonchev–Trinajstić information content (AvgIpc) is 3.20. The summed E-state index contributed by atoms with van der Waals surface area (Å²) in [5, 5.41) is 3.17. The van der Waals surface area contributed by atoms with E-state index in [4.69, 9.17) is 16.3 Å². The molecule has 0 aliphatic carbocycles. The Kier molecular flexibility index (Phi) is 6.03. The van der Waals surface area contributed by atoms with E-state index in [-0.39, 0.29) is 28.6 Å². The first-order valence-corrected chi connectivity index (χ1v) is 11.3. The van der Waals surface area contributed by atoms with E-state index in [2.05, 4.69) is 5.32 Å². The van der Waals surface area contributed by atoms with E-state index in [1.165, 1.54) is 37.5 Å². The Morgan fingerprint density at radius 2 is 1.78 bits per heavy atom. The number of imide groups is 2. The third-order valence-corrected chi connectivity index (χ3v) is 6.21. The predicted molar refractivity (Wildman–Crippen MR) is 134 cm³/mol. The van der Waals surface area contributed by atoms with Crippen molar-refractivity contribution in [1.29, 1.82) is 0 Å². The highest BCUT2D eigenvalue weighted by atomic mass is 35.5. The minimum atomic E-state index is -0.884. The van der Waals surface area contributed by atoms with E-state index in [1.54, 1.807) is 24.4 Å². The van der Waals surface area contributed by atoms with Crippen molar-refractivity contribution in [2.24, 2.45) is 0 Å². The van der Waals surface area contributed by atoms with Crippen LogP contribution in [0.3, 0.4) is 0 Å². The zero-order chi connectivity index (χ0) is 25.4. The first-order chi connectivity index (χ1) is 17.4. The summed E-state index contributed by atoms with van der Waals surface area (Å²) >= 11 is 6.18. The Morgan fingerprint density at radius 1 is 1.03 bits per heavy atom. The lowest BCUT2D eigenvalue weighted by Gasteiger charge is -2.26. The quantitative estimate of drug-likeness (QED) is 0.301. The van der Waals surface area contributed by atoms with E-state index in [0.29, 0.717) is 16.9 Å². The molecule has 0 bridgehead atoms. The number of halogens is 2. The molecule has 36 heavy (non-hydrogen) atoms. The molecule has 4 amide bonds. The number of nitrogens with zero attached hydrogens (tertiary/aromatic N) is 2. The molecule has 5 rings (SSSR count). The molecule has 180 valence electrons. The molecule has 0 radical (unpaired) electrons. The molecule has 4 aromatic rings. The molecule has 0 saturated carbocycles. The van der Waals surface area contributed by atoms with Crippen molar-refractivity contribution in [2.75, 3.05) is 12.0 Å². The number of rotatable bonds is 5. The van der Waals surface area contributed by atoms with Gasteiger partial charge in [-0.05, 0) is 36.4 Å². The Morgan fingerprint density at radius 3 is 2.53 bits per heavy atom. The molecular weight excluding hydrogens is 485 g/mol. The van der Waals surface area contributed by atoms with Crippen molar-refractivity contribution in [3.05, 3.63) is 100 Å². The summed E-state index contributed by atoms with van der Waals surface area (Å²) in [6.45, 7) is 0.255. The fourth-order valence-corrected chi connectivity index (χ4v) is 4.42. The Labute approximate surface area is 210 Å². The van der Waals surface area contributed by atoms with Gasteiger partial charge in [-0.1, -0.05) is 48.0 Å².